The lowest BCUT2D eigenvalue weighted by atomic mass is 10.1. The van der Waals surface area contributed by atoms with Crippen molar-refractivity contribution < 1.29 is 13.2 Å². The summed E-state index contributed by atoms with van der Waals surface area (Å²) in [6.07, 6.45) is 5.49. The molecule has 0 aliphatic heterocycles. The number of rotatable bonds is 8. The van der Waals surface area contributed by atoms with Gasteiger partial charge in [-0.25, -0.2) is 13.4 Å². The molecular weight excluding hydrogens is 438 g/mol. The third kappa shape index (κ3) is 5.42. The van der Waals surface area contributed by atoms with E-state index in [4.69, 9.17) is 10.5 Å². The molecule has 2 aromatic carbocycles. The fourth-order valence-corrected chi connectivity index (χ4v) is 4.10. The second-order valence-electron chi connectivity index (χ2n) is 7.59. The quantitative estimate of drug-likeness (QED) is 0.375. The van der Waals surface area contributed by atoms with Gasteiger partial charge in [-0.05, 0) is 62.5 Å². The van der Waals surface area contributed by atoms with Gasteiger partial charge in [0, 0.05) is 29.4 Å². The zero-order valence-corrected chi connectivity index (χ0v) is 19.4. The average Bonchev–Trinajstić information content (AvgIpc) is 3.07. The van der Waals surface area contributed by atoms with Crippen LogP contribution in [0.15, 0.2) is 72.2 Å². The highest BCUT2D eigenvalue weighted by molar-refractivity contribution is 7.92. The number of aliphatic imine (C=N–C) groups is 1. The molecule has 0 unspecified atom stereocenters. The summed E-state index contributed by atoms with van der Waals surface area (Å²) in [5.74, 6) is 0.731. The lowest BCUT2D eigenvalue weighted by Crippen LogP contribution is -2.09. The molecule has 0 aliphatic rings. The molecule has 0 saturated heterocycles. The van der Waals surface area contributed by atoms with Crippen LogP contribution >= 0.6 is 0 Å². The monoisotopic (exact) mass is 463 g/mol. The number of benzene rings is 2. The van der Waals surface area contributed by atoms with Crippen molar-refractivity contribution >= 4 is 32.8 Å². The second kappa shape index (κ2) is 9.63. The molecule has 0 atom stereocenters. The molecule has 9 heteroatoms. The van der Waals surface area contributed by atoms with Gasteiger partial charge in [-0.15, -0.1) is 0 Å². The van der Waals surface area contributed by atoms with E-state index >= 15 is 0 Å². The lowest BCUT2D eigenvalue weighted by molar-refractivity contribution is 0.424. The summed E-state index contributed by atoms with van der Waals surface area (Å²) in [6.45, 7) is 7.83. The Kier molecular flexibility index (Phi) is 6.89. The van der Waals surface area contributed by atoms with Crippen molar-refractivity contribution in [2.45, 2.75) is 19.9 Å². The van der Waals surface area contributed by atoms with Crippen molar-refractivity contribution in [2.24, 2.45) is 10.7 Å². The summed E-state index contributed by atoms with van der Waals surface area (Å²) in [6, 6.07) is 14.7. The molecule has 1 aromatic heterocycles. The molecular formula is C24H25N5O3S. The van der Waals surface area contributed by atoms with Crippen molar-refractivity contribution in [1.29, 1.82) is 5.26 Å². The SMILES string of the molecule is C=C(N=C/C=C\N)Oc1ccc2c(C#N)c(-c3ccc(NS(C)(=O)=O)cc3)n(C(C)C)c2c1. The Balaban J connectivity index is 2.11. The Bertz CT molecular complexity index is 1390. The van der Waals surface area contributed by atoms with Crippen LogP contribution in [0.1, 0.15) is 25.5 Å². The molecule has 8 nitrogen and oxygen atoms in total. The highest BCUT2D eigenvalue weighted by Gasteiger charge is 2.21. The fraction of sp³-hybridized carbons (Fsp3) is 0.167. The highest BCUT2D eigenvalue weighted by Crippen LogP contribution is 2.38. The van der Waals surface area contributed by atoms with Gasteiger partial charge in [0.15, 0.2) is 0 Å². The van der Waals surface area contributed by atoms with E-state index in [0.29, 0.717) is 17.0 Å². The maximum atomic E-state index is 11.5. The minimum atomic E-state index is -3.38. The van der Waals surface area contributed by atoms with Crippen LogP contribution in [0.4, 0.5) is 5.69 Å². The van der Waals surface area contributed by atoms with Crippen LogP contribution in [0.2, 0.25) is 0 Å². The summed E-state index contributed by atoms with van der Waals surface area (Å²) in [4.78, 5) is 4.05. The Hall–Kier alpha value is -4.03. The van der Waals surface area contributed by atoms with Gasteiger partial charge in [0.25, 0.3) is 0 Å². The molecule has 0 bridgehead atoms. The number of nitrogens with zero attached hydrogens (tertiary/aromatic N) is 3. The average molecular weight is 464 g/mol. The molecule has 0 amide bonds. The van der Waals surface area contributed by atoms with Crippen molar-refractivity contribution in [3.8, 4) is 23.1 Å². The van der Waals surface area contributed by atoms with E-state index < -0.39 is 10.0 Å². The van der Waals surface area contributed by atoms with Gasteiger partial charge in [-0.1, -0.05) is 12.1 Å². The van der Waals surface area contributed by atoms with Crippen LogP contribution in [0, 0.1) is 11.3 Å². The summed E-state index contributed by atoms with van der Waals surface area (Å²) in [7, 11) is -3.38. The predicted octanol–water partition coefficient (Wildman–Crippen LogP) is 4.53. The second-order valence-corrected chi connectivity index (χ2v) is 9.34. The Morgan fingerprint density at radius 1 is 1.27 bits per heavy atom. The lowest BCUT2D eigenvalue weighted by Gasteiger charge is -2.16. The van der Waals surface area contributed by atoms with Crippen molar-refractivity contribution in [1.82, 2.24) is 4.57 Å². The highest BCUT2D eigenvalue weighted by atomic mass is 32.2. The first kappa shape index (κ1) is 23.6. The maximum Gasteiger partial charge on any atom is 0.229 e. The van der Waals surface area contributed by atoms with Crippen LogP contribution in [0.3, 0.4) is 0 Å². The zero-order valence-electron chi connectivity index (χ0n) is 18.6. The Morgan fingerprint density at radius 3 is 2.55 bits per heavy atom. The molecule has 0 aliphatic carbocycles. The minimum Gasteiger partial charge on any atom is -0.440 e. The molecule has 3 aromatic rings. The van der Waals surface area contributed by atoms with Crippen molar-refractivity contribution in [3.05, 3.63) is 72.8 Å². The zero-order chi connectivity index (χ0) is 24.2. The van der Waals surface area contributed by atoms with E-state index in [1.807, 2.05) is 26.0 Å². The van der Waals surface area contributed by atoms with Gasteiger partial charge in [-0.2, -0.15) is 5.26 Å². The number of nitrogens with one attached hydrogen (secondary N) is 1. The summed E-state index contributed by atoms with van der Waals surface area (Å²) >= 11 is 0. The van der Waals surface area contributed by atoms with E-state index in [1.54, 1.807) is 36.4 Å². The van der Waals surface area contributed by atoms with Gasteiger partial charge >= 0.3 is 0 Å². The van der Waals surface area contributed by atoms with Crippen LogP contribution in [0.5, 0.6) is 5.75 Å². The van der Waals surface area contributed by atoms with Gasteiger partial charge in [0.2, 0.25) is 15.9 Å². The first-order chi connectivity index (χ1) is 15.6. The Labute approximate surface area is 193 Å². The van der Waals surface area contributed by atoms with Crippen LogP contribution in [-0.2, 0) is 10.0 Å². The van der Waals surface area contributed by atoms with Gasteiger partial charge in [0.05, 0.1) is 23.0 Å². The summed E-state index contributed by atoms with van der Waals surface area (Å²) in [5, 5.41) is 10.8. The first-order valence-electron chi connectivity index (χ1n) is 10.1. The van der Waals surface area contributed by atoms with Gasteiger partial charge in [-0.3, -0.25) is 4.72 Å². The van der Waals surface area contributed by atoms with Crippen molar-refractivity contribution in [3.63, 3.8) is 0 Å². The fourth-order valence-electron chi connectivity index (χ4n) is 3.54. The number of aromatic nitrogens is 1. The van der Waals surface area contributed by atoms with Gasteiger partial charge < -0.3 is 15.0 Å². The number of fused-ring (bicyclic) bond motifs is 1. The van der Waals surface area contributed by atoms with E-state index in [-0.39, 0.29) is 11.9 Å². The summed E-state index contributed by atoms with van der Waals surface area (Å²) < 4.78 is 33.2. The number of anilines is 1. The van der Waals surface area contributed by atoms with E-state index in [2.05, 4.69) is 26.9 Å². The summed E-state index contributed by atoms with van der Waals surface area (Å²) in [5.41, 5.74) is 8.63. The molecule has 0 radical (unpaired) electrons. The standard InChI is InChI=1S/C24H25N5O3S/c1-16(2)29-23-14-20(32-17(3)27-13-5-12-25)10-11-21(23)22(15-26)24(29)18-6-8-19(9-7-18)28-33(4,30)31/h5-14,16,28H,3,25H2,1-2,4H3/b12-5-,27-13?. The molecule has 33 heavy (non-hydrogen) atoms. The number of hydrogen-bond acceptors (Lipinski definition) is 6. The van der Waals surface area contributed by atoms with E-state index in [1.165, 1.54) is 12.4 Å². The number of allylic oxidation sites excluding steroid dienone is 1. The van der Waals surface area contributed by atoms with Crippen LogP contribution in [0.25, 0.3) is 22.2 Å². The number of sulfonamides is 1. The number of nitriles is 1. The molecule has 1 heterocycles. The number of ether oxygens (including phenoxy) is 1. The van der Waals surface area contributed by atoms with E-state index in [0.717, 1.165) is 28.4 Å². The molecule has 3 N–H and O–H groups in total. The molecule has 0 fully saturated rings. The Morgan fingerprint density at radius 2 is 1.97 bits per heavy atom. The topological polar surface area (TPSA) is 122 Å². The minimum absolute atomic E-state index is 0.0320. The first-order valence-corrected chi connectivity index (χ1v) is 12.0. The third-order valence-electron chi connectivity index (χ3n) is 4.72. The predicted molar refractivity (Wildman–Crippen MR) is 133 cm³/mol. The van der Waals surface area contributed by atoms with E-state index in [9.17, 15) is 13.7 Å². The normalized spacial score (nSPS) is 12.0. The van der Waals surface area contributed by atoms with Gasteiger partial charge in [0.1, 0.15) is 11.8 Å². The third-order valence-corrected chi connectivity index (χ3v) is 5.32. The number of hydrogen-bond donors (Lipinski definition) is 2. The molecule has 0 saturated carbocycles. The molecule has 0 spiro atoms. The largest absolute Gasteiger partial charge is 0.440 e. The van der Waals surface area contributed by atoms with Crippen LogP contribution < -0.4 is 15.2 Å². The molecule has 170 valence electrons. The molecule has 3 rings (SSSR count). The maximum absolute atomic E-state index is 11.5. The van der Waals surface area contributed by atoms with Crippen LogP contribution in [-0.4, -0.2) is 25.5 Å². The number of nitrogens with two attached hydrogens (primary N) is 1. The van der Waals surface area contributed by atoms with Crippen molar-refractivity contribution in [2.75, 3.05) is 11.0 Å². The smallest absolute Gasteiger partial charge is 0.229 e.